The predicted octanol–water partition coefficient (Wildman–Crippen LogP) is 5.40. The summed E-state index contributed by atoms with van der Waals surface area (Å²) in [6.07, 6.45) is 8.75. The first-order valence-electron chi connectivity index (χ1n) is 11.6. The molecule has 4 unspecified atom stereocenters. The number of pyridine rings is 1. The van der Waals surface area contributed by atoms with Gasteiger partial charge in [-0.1, -0.05) is 45.8 Å². The summed E-state index contributed by atoms with van der Waals surface area (Å²) in [5, 5.41) is 0. The summed E-state index contributed by atoms with van der Waals surface area (Å²) >= 11 is 0. The zero-order chi connectivity index (χ0) is 22.7. The minimum Gasteiger partial charge on any atom is -0.465 e. The Morgan fingerprint density at radius 3 is 2.58 bits per heavy atom. The van der Waals surface area contributed by atoms with E-state index in [0.717, 1.165) is 31.4 Å². The Morgan fingerprint density at radius 2 is 1.90 bits per heavy atom. The number of ketones is 1. The third-order valence-corrected chi connectivity index (χ3v) is 7.38. The molecule has 2 fully saturated rings. The quantitative estimate of drug-likeness (QED) is 0.359. The minimum absolute atomic E-state index is 0.183. The molecule has 1 aromatic heterocycles. The number of rotatable bonds is 2. The highest BCUT2D eigenvalue weighted by Crippen LogP contribution is 2.59. The minimum atomic E-state index is -0.600. The van der Waals surface area contributed by atoms with E-state index < -0.39 is 11.0 Å². The van der Waals surface area contributed by atoms with Gasteiger partial charge in [0.1, 0.15) is 23.6 Å². The van der Waals surface area contributed by atoms with Crippen molar-refractivity contribution in [3.05, 3.63) is 42.7 Å². The van der Waals surface area contributed by atoms with Crippen LogP contribution in [0.3, 0.4) is 0 Å². The number of esters is 1. The Labute approximate surface area is 186 Å². The van der Waals surface area contributed by atoms with Crippen LogP contribution in [-0.2, 0) is 19.1 Å². The second-order valence-corrected chi connectivity index (χ2v) is 10.2. The van der Waals surface area contributed by atoms with Gasteiger partial charge in [0.05, 0.1) is 11.6 Å². The van der Waals surface area contributed by atoms with Crippen molar-refractivity contribution in [3.8, 4) is 0 Å². The largest absolute Gasteiger partial charge is 0.465 e. The fourth-order valence-corrected chi connectivity index (χ4v) is 4.89. The van der Waals surface area contributed by atoms with Crippen molar-refractivity contribution in [2.24, 2.45) is 11.3 Å². The number of hydrogen-bond donors (Lipinski definition) is 0. The molecular formula is C26H37NO4. The summed E-state index contributed by atoms with van der Waals surface area (Å²) in [7, 11) is 0. The number of aromatic nitrogens is 1. The third kappa shape index (κ3) is 5.08. The lowest BCUT2D eigenvalue weighted by molar-refractivity contribution is -0.145. The lowest BCUT2D eigenvalue weighted by atomic mass is 9.77. The van der Waals surface area contributed by atoms with Crippen LogP contribution in [0.4, 0.5) is 0 Å². The first kappa shape index (κ1) is 23.6. The number of Topliss-reactive ketones (excluding diaryl/α,β-unsaturated/α-hetero) is 1. The SMILES string of the molecule is C=CC12OC1(C)CCCC(C)CCC(=O)C(C)(C)CCC(=O)OCC2c1ccccn1. The maximum atomic E-state index is 12.7. The lowest BCUT2D eigenvalue weighted by Gasteiger charge is -2.26. The maximum absolute atomic E-state index is 12.7. The lowest BCUT2D eigenvalue weighted by Crippen LogP contribution is -2.33. The second-order valence-electron chi connectivity index (χ2n) is 10.2. The molecule has 0 saturated carbocycles. The molecule has 4 atom stereocenters. The monoisotopic (exact) mass is 427 g/mol. The summed E-state index contributed by atoms with van der Waals surface area (Å²) in [6, 6.07) is 5.77. The van der Waals surface area contributed by atoms with E-state index in [-0.39, 0.29) is 36.3 Å². The van der Waals surface area contributed by atoms with Crippen LogP contribution in [0.25, 0.3) is 0 Å². The van der Waals surface area contributed by atoms with Crippen molar-refractivity contribution in [2.45, 2.75) is 89.8 Å². The molecule has 0 N–H and O–H groups in total. The second kappa shape index (κ2) is 9.23. The number of ether oxygens (including phenoxy) is 2. The first-order chi connectivity index (χ1) is 14.6. The molecule has 0 amide bonds. The fraction of sp³-hybridized carbons (Fsp3) is 0.654. The normalized spacial score (nSPS) is 35.0. The molecule has 0 bridgehead atoms. The van der Waals surface area contributed by atoms with E-state index in [4.69, 9.17) is 9.47 Å². The van der Waals surface area contributed by atoms with Gasteiger partial charge in [-0.2, -0.15) is 0 Å². The molecular weight excluding hydrogens is 390 g/mol. The average molecular weight is 428 g/mol. The number of carbonyl (C=O) groups excluding carboxylic acids is 2. The van der Waals surface area contributed by atoms with Crippen molar-refractivity contribution in [2.75, 3.05) is 6.61 Å². The first-order valence-corrected chi connectivity index (χ1v) is 11.6. The molecule has 2 aliphatic rings. The van der Waals surface area contributed by atoms with Crippen molar-refractivity contribution in [1.82, 2.24) is 4.98 Å². The molecule has 5 nitrogen and oxygen atoms in total. The smallest absolute Gasteiger partial charge is 0.305 e. The molecule has 2 aliphatic heterocycles. The van der Waals surface area contributed by atoms with Gasteiger partial charge in [-0.25, -0.2) is 0 Å². The van der Waals surface area contributed by atoms with Gasteiger partial charge in [-0.15, -0.1) is 6.58 Å². The summed E-state index contributed by atoms with van der Waals surface area (Å²) < 4.78 is 12.1. The Kier molecular flexibility index (Phi) is 7.04. The number of cyclic esters (lactones) is 1. The zero-order valence-corrected chi connectivity index (χ0v) is 19.5. The highest BCUT2D eigenvalue weighted by atomic mass is 16.6. The molecule has 3 rings (SSSR count). The standard InChI is InChI=1S/C26H37NO4/c1-6-26-20(21-11-7-8-17-27-21)18-30-23(29)14-16-24(3,4)22(28)13-12-19(2)10-9-15-25(26,5)31-26/h6-8,11,17,19-20H,1,9-10,12-16,18H2,2-5H3. The van der Waals surface area contributed by atoms with Gasteiger partial charge in [0.15, 0.2) is 0 Å². The predicted molar refractivity (Wildman–Crippen MR) is 121 cm³/mol. The molecule has 0 aromatic carbocycles. The summed E-state index contributed by atoms with van der Waals surface area (Å²) in [6.45, 7) is 12.5. The molecule has 1 aromatic rings. The number of epoxide rings is 1. The van der Waals surface area contributed by atoms with Crippen LogP contribution in [0.5, 0.6) is 0 Å². The summed E-state index contributed by atoms with van der Waals surface area (Å²) in [5.74, 6) is 0.197. The van der Waals surface area contributed by atoms with Gasteiger partial charge < -0.3 is 9.47 Å². The molecule has 3 heterocycles. The molecule has 2 saturated heterocycles. The van der Waals surface area contributed by atoms with Gasteiger partial charge in [-0.3, -0.25) is 14.6 Å². The van der Waals surface area contributed by atoms with Crippen molar-refractivity contribution >= 4 is 11.8 Å². The molecule has 0 aliphatic carbocycles. The van der Waals surface area contributed by atoms with Gasteiger partial charge in [0, 0.05) is 24.5 Å². The van der Waals surface area contributed by atoms with E-state index >= 15 is 0 Å². The number of hydrogen-bond acceptors (Lipinski definition) is 5. The van der Waals surface area contributed by atoms with Crippen molar-refractivity contribution in [1.29, 1.82) is 0 Å². The summed E-state index contributed by atoms with van der Waals surface area (Å²) in [5.41, 5.74) is -0.643. The summed E-state index contributed by atoms with van der Waals surface area (Å²) in [4.78, 5) is 29.8. The number of fused-ring (bicyclic) bond motifs is 1. The van der Waals surface area contributed by atoms with E-state index in [0.29, 0.717) is 18.8 Å². The topological polar surface area (TPSA) is 68.8 Å². The zero-order valence-electron chi connectivity index (χ0n) is 19.5. The Balaban J connectivity index is 1.85. The molecule has 31 heavy (non-hydrogen) atoms. The van der Waals surface area contributed by atoms with Crippen LogP contribution >= 0.6 is 0 Å². The van der Waals surface area contributed by atoms with Crippen LogP contribution in [0.2, 0.25) is 0 Å². The maximum Gasteiger partial charge on any atom is 0.305 e. The van der Waals surface area contributed by atoms with E-state index in [1.165, 1.54) is 0 Å². The van der Waals surface area contributed by atoms with Crippen molar-refractivity contribution < 1.29 is 19.1 Å². The molecule has 170 valence electrons. The van der Waals surface area contributed by atoms with Crippen LogP contribution in [0.1, 0.15) is 84.3 Å². The fourth-order valence-electron chi connectivity index (χ4n) is 4.89. The number of carbonyl (C=O) groups is 2. The van der Waals surface area contributed by atoms with Crippen LogP contribution in [0.15, 0.2) is 37.1 Å². The van der Waals surface area contributed by atoms with Gasteiger partial charge in [-0.05, 0) is 44.2 Å². The third-order valence-electron chi connectivity index (χ3n) is 7.38. The molecule has 0 radical (unpaired) electrons. The molecule has 0 spiro atoms. The Hall–Kier alpha value is -2.01. The van der Waals surface area contributed by atoms with Crippen LogP contribution in [0, 0.1) is 11.3 Å². The number of nitrogens with zero attached hydrogens (tertiary/aromatic N) is 1. The Bertz CT molecular complexity index is 805. The molecule has 5 heteroatoms. The van der Waals surface area contributed by atoms with E-state index in [9.17, 15) is 9.59 Å². The van der Waals surface area contributed by atoms with Gasteiger partial charge >= 0.3 is 5.97 Å². The van der Waals surface area contributed by atoms with Crippen LogP contribution in [-0.4, -0.2) is 34.5 Å². The van der Waals surface area contributed by atoms with E-state index in [2.05, 4.69) is 25.4 Å². The van der Waals surface area contributed by atoms with E-state index in [1.54, 1.807) is 6.20 Å². The average Bonchev–Trinajstić information content (AvgIpc) is 3.35. The Morgan fingerprint density at radius 1 is 1.13 bits per heavy atom. The van der Waals surface area contributed by atoms with Gasteiger partial charge in [0.2, 0.25) is 0 Å². The van der Waals surface area contributed by atoms with Gasteiger partial charge in [0.25, 0.3) is 0 Å². The highest BCUT2D eigenvalue weighted by Gasteiger charge is 2.68. The van der Waals surface area contributed by atoms with Crippen LogP contribution < -0.4 is 0 Å². The van der Waals surface area contributed by atoms with E-state index in [1.807, 2.05) is 38.1 Å². The van der Waals surface area contributed by atoms with Crippen molar-refractivity contribution in [3.63, 3.8) is 0 Å². The highest BCUT2D eigenvalue weighted by molar-refractivity contribution is 5.84.